The third kappa shape index (κ3) is 4.11. The zero-order valence-electron chi connectivity index (χ0n) is 16.6. The summed E-state index contributed by atoms with van der Waals surface area (Å²) in [4.78, 5) is 9.14. The first-order chi connectivity index (χ1) is 14.8. The summed E-state index contributed by atoms with van der Waals surface area (Å²) < 4.78 is 11.6. The second-order valence-electron chi connectivity index (χ2n) is 7.43. The van der Waals surface area contributed by atoms with Crippen LogP contribution in [-0.4, -0.2) is 23.2 Å². The third-order valence-corrected chi connectivity index (χ3v) is 5.40. The molecule has 2 aromatic heterocycles. The first-order valence-corrected chi connectivity index (χ1v) is 10.3. The van der Waals surface area contributed by atoms with Gasteiger partial charge in [0.15, 0.2) is 0 Å². The Morgan fingerprint density at radius 1 is 0.867 bits per heavy atom. The first-order valence-electron chi connectivity index (χ1n) is 10.3. The summed E-state index contributed by atoms with van der Waals surface area (Å²) in [6.07, 6.45) is 3.78. The van der Waals surface area contributed by atoms with Crippen LogP contribution in [0.25, 0.3) is 10.9 Å². The van der Waals surface area contributed by atoms with E-state index in [0.29, 0.717) is 11.8 Å². The molecule has 3 heterocycles. The number of benzene rings is 2. The molecule has 5 nitrogen and oxygen atoms in total. The van der Waals surface area contributed by atoms with Gasteiger partial charge in [0.2, 0.25) is 5.88 Å². The quantitative estimate of drug-likeness (QED) is 0.444. The molecule has 0 amide bonds. The molecule has 0 atom stereocenters. The van der Waals surface area contributed by atoms with Gasteiger partial charge < -0.3 is 14.8 Å². The number of para-hydroxylation sites is 1. The molecule has 1 fully saturated rings. The Hall–Kier alpha value is -3.44. The van der Waals surface area contributed by atoms with Crippen LogP contribution in [0.2, 0.25) is 0 Å². The summed E-state index contributed by atoms with van der Waals surface area (Å²) in [5.74, 6) is 2.69. The van der Waals surface area contributed by atoms with Crippen molar-refractivity contribution in [2.24, 2.45) is 0 Å². The number of hydrogen-bond donors (Lipinski definition) is 1. The number of hydrogen-bond acceptors (Lipinski definition) is 5. The van der Waals surface area contributed by atoms with Gasteiger partial charge in [0.1, 0.15) is 11.6 Å². The van der Waals surface area contributed by atoms with Crippen molar-refractivity contribution in [1.29, 1.82) is 0 Å². The van der Waals surface area contributed by atoms with Gasteiger partial charge in [0, 0.05) is 36.0 Å². The highest BCUT2D eigenvalue weighted by Crippen LogP contribution is 2.34. The van der Waals surface area contributed by atoms with E-state index in [0.717, 1.165) is 59.8 Å². The summed E-state index contributed by atoms with van der Waals surface area (Å²) in [5, 5.41) is 4.48. The van der Waals surface area contributed by atoms with Crippen LogP contribution in [-0.2, 0) is 4.74 Å². The molecule has 0 unspecified atom stereocenters. The van der Waals surface area contributed by atoms with Gasteiger partial charge in [-0.15, -0.1) is 0 Å². The second-order valence-corrected chi connectivity index (χ2v) is 7.43. The molecule has 4 aromatic rings. The van der Waals surface area contributed by atoms with Crippen molar-refractivity contribution in [1.82, 2.24) is 9.97 Å². The largest absolute Gasteiger partial charge is 0.439 e. The van der Waals surface area contributed by atoms with E-state index in [9.17, 15) is 0 Å². The minimum Gasteiger partial charge on any atom is -0.439 e. The predicted octanol–water partition coefficient (Wildman–Crippen LogP) is 6.06. The number of anilines is 2. The zero-order valence-corrected chi connectivity index (χ0v) is 16.6. The lowest BCUT2D eigenvalue weighted by Gasteiger charge is -2.23. The summed E-state index contributed by atoms with van der Waals surface area (Å²) in [7, 11) is 0. The van der Waals surface area contributed by atoms with E-state index in [-0.39, 0.29) is 0 Å². The summed E-state index contributed by atoms with van der Waals surface area (Å²) in [6, 6.07) is 24.1. The lowest BCUT2D eigenvalue weighted by Crippen LogP contribution is -2.15. The predicted molar refractivity (Wildman–Crippen MR) is 119 cm³/mol. The zero-order chi connectivity index (χ0) is 20.2. The van der Waals surface area contributed by atoms with Crippen LogP contribution in [0.15, 0.2) is 79.0 Å². The van der Waals surface area contributed by atoms with E-state index in [1.165, 1.54) is 0 Å². The molecule has 0 aliphatic carbocycles. The summed E-state index contributed by atoms with van der Waals surface area (Å²) >= 11 is 0. The van der Waals surface area contributed by atoms with Crippen molar-refractivity contribution in [3.05, 3.63) is 84.6 Å². The van der Waals surface area contributed by atoms with Gasteiger partial charge in [-0.1, -0.05) is 24.3 Å². The number of rotatable bonds is 5. The van der Waals surface area contributed by atoms with Gasteiger partial charge >= 0.3 is 0 Å². The van der Waals surface area contributed by atoms with Crippen molar-refractivity contribution < 1.29 is 9.47 Å². The average Bonchev–Trinajstić information content (AvgIpc) is 2.81. The fraction of sp³-hybridized carbons (Fsp3) is 0.200. The minimum absolute atomic E-state index is 0.433. The van der Waals surface area contributed by atoms with Crippen LogP contribution in [0.3, 0.4) is 0 Å². The van der Waals surface area contributed by atoms with E-state index in [1.54, 1.807) is 6.20 Å². The first kappa shape index (κ1) is 18.6. The van der Waals surface area contributed by atoms with Crippen molar-refractivity contribution in [2.45, 2.75) is 18.8 Å². The molecular weight excluding hydrogens is 374 g/mol. The Labute approximate surface area is 175 Å². The fourth-order valence-electron chi connectivity index (χ4n) is 3.81. The maximum absolute atomic E-state index is 6.13. The summed E-state index contributed by atoms with van der Waals surface area (Å²) in [5.41, 5.74) is 3.08. The molecule has 0 spiro atoms. The van der Waals surface area contributed by atoms with Gasteiger partial charge in [-0.3, -0.25) is 0 Å². The normalized spacial score (nSPS) is 14.5. The maximum Gasteiger partial charge on any atom is 0.222 e. The smallest absolute Gasteiger partial charge is 0.222 e. The van der Waals surface area contributed by atoms with Crippen molar-refractivity contribution >= 4 is 22.4 Å². The molecule has 1 saturated heterocycles. The van der Waals surface area contributed by atoms with E-state index in [4.69, 9.17) is 9.47 Å². The molecule has 0 radical (unpaired) electrons. The average molecular weight is 397 g/mol. The molecule has 0 saturated carbocycles. The Balaban J connectivity index is 1.30. The number of fused-ring (bicyclic) bond motifs is 1. The molecule has 1 aliphatic rings. The molecule has 0 bridgehead atoms. The molecule has 150 valence electrons. The molecule has 1 N–H and O–H groups in total. The SMILES string of the molecule is c1cnc(Oc2ccc(Nc3ccc4ccccc4n3)cc2)c(C2CCOCC2)c1. The number of nitrogens with one attached hydrogen (secondary N) is 1. The van der Waals surface area contributed by atoms with Crippen LogP contribution in [0.4, 0.5) is 11.5 Å². The standard InChI is InChI=1S/C25H23N3O2/c1-2-6-23-19(4-1)7-12-24(28-23)27-20-8-10-21(11-9-20)30-25-22(5-3-15-26-25)18-13-16-29-17-14-18/h1-12,15,18H,13-14,16-17H2,(H,27,28). The Morgan fingerprint density at radius 3 is 2.57 bits per heavy atom. The van der Waals surface area contributed by atoms with Crippen LogP contribution >= 0.6 is 0 Å². The monoisotopic (exact) mass is 397 g/mol. The Morgan fingerprint density at radius 2 is 1.70 bits per heavy atom. The highest BCUT2D eigenvalue weighted by atomic mass is 16.5. The lowest BCUT2D eigenvalue weighted by molar-refractivity contribution is 0.0848. The Bertz CT molecular complexity index is 1140. The van der Waals surface area contributed by atoms with Crippen LogP contribution in [0.5, 0.6) is 11.6 Å². The summed E-state index contributed by atoms with van der Waals surface area (Å²) in [6.45, 7) is 1.59. The van der Waals surface area contributed by atoms with Crippen LogP contribution < -0.4 is 10.1 Å². The molecule has 1 aliphatic heterocycles. The van der Waals surface area contributed by atoms with Gasteiger partial charge in [0.05, 0.1) is 5.52 Å². The van der Waals surface area contributed by atoms with Crippen molar-refractivity contribution in [2.75, 3.05) is 18.5 Å². The lowest BCUT2D eigenvalue weighted by atomic mass is 9.92. The molecule has 5 rings (SSSR count). The minimum atomic E-state index is 0.433. The molecule has 30 heavy (non-hydrogen) atoms. The van der Waals surface area contributed by atoms with E-state index in [2.05, 4.69) is 33.5 Å². The van der Waals surface area contributed by atoms with Crippen LogP contribution in [0, 0.1) is 0 Å². The number of nitrogens with zero attached hydrogens (tertiary/aromatic N) is 2. The van der Waals surface area contributed by atoms with Gasteiger partial charge in [-0.2, -0.15) is 0 Å². The number of aromatic nitrogens is 2. The van der Waals surface area contributed by atoms with Gasteiger partial charge in [0.25, 0.3) is 0 Å². The highest BCUT2D eigenvalue weighted by molar-refractivity contribution is 5.80. The Kier molecular flexibility index (Phi) is 5.27. The van der Waals surface area contributed by atoms with Crippen LogP contribution in [0.1, 0.15) is 24.3 Å². The van der Waals surface area contributed by atoms with Crippen molar-refractivity contribution in [3.63, 3.8) is 0 Å². The number of ether oxygens (including phenoxy) is 2. The van der Waals surface area contributed by atoms with E-state index in [1.807, 2.05) is 54.6 Å². The third-order valence-electron chi connectivity index (χ3n) is 5.40. The number of pyridine rings is 2. The molecule has 5 heteroatoms. The van der Waals surface area contributed by atoms with Gasteiger partial charge in [-0.05, 0) is 67.3 Å². The van der Waals surface area contributed by atoms with Gasteiger partial charge in [-0.25, -0.2) is 9.97 Å². The maximum atomic E-state index is 6.13. The highest BCUT2D eigenvalue weighted by Gasteiger charge is 2.20. The second kappa shape index (κ2) is 8.51. The molecular formula is C25H23N3O2. The topological polar surface area (TPSA) is 56.3 Å². The fourth-order valence-corrected chi connectivity index (χ4v) is 3.81. The van der Waals surface area contributed by atoms with Crippen molar-refractivity contribution in [3.8, 4) is 11.6 Å². The van der Waals surface area contributed by atoms with E-state index < -0.39 is 0 Å². The van der Waals surface area contributed by atoms with E-state index >= 15 is 0 Å². The molecule has 2 aromatic carbocycles.